The molecule has 0 amide bonds. The Labute approximate surface area is 151 Å². The lowest BCUT2D eigenvalue weighted by Crippen LogP contribution is -1.96. The molecule has 0 atom stereocenters. The predicted molar refractivity (Wildman–Crippen MR) is 98.0 cm³/mol. The second-order valence-electron chi connectivity index (χ2n) is 5.41. The topological polar surface area (TPSA) is 89.0 Å². The molecule has 0 fully saturated rings. The molecule has 2 N–H and O–H groups in total. The number of rotatable bonds is 6. The number of methoxy groups -OCH3 is 4. The highest BCUT2D eigenvalue weighted by Gasteiger charge is 2.21. The molecule has 0 saturated carbocycles. The van der Waals surface area contributed by atoms with E-state index in [4.69, 9.17) is 29.2 Å². The van der Waals surface area contributed by atoms with Crippen molar-refractivity contribution < 1.29 is 23.5 Å². The van der Waals surface area contributed by atoms with Gasteiger partial charge in [0, 0.05) is 5.56 Å². The van der Waals surface area contributed by atoms with Crippen molar-refractivity contribution in [1.82, 2.24) is 5.16 Å². The van der Waals surface area contributed by atoms with E-state index in [1.165, 1.54) is 0 Å². The van der Waals surface area contributed by atoms with Crippen LogP contribution in [0.3, 0.4) is 0 Å². The average Bonchev–Trinajstić information content (AvgIpc) is 3.08. The molecule has 0 saturated heterocycles. The summed E-state index contributed by atoms with van der Waals surface area (Å²) in [6.45, 7) is 0. The summed E-state index contributed by atoms with van der Waals surface area (Å²) in [7, 11) is 6.28. The largest absolute Gasteiger partial charge is 0.497 e. The van der Waals surface area contributed by atoms with Gasteiger partial charge in [0.25, 0.3) is 0 Å². The summed E-state index contributed by atoms with van der Waals surface area (Å²) in [6, 6.07) is 11.1. The van der Waals surface area contributed by atoms with Crippen molar-refractivity contribution in [3.8, 4) is 45.4 Å². The average molecular weight is 356 g/mol. The van der Waals surface area contributed by atoms with Crippen molar-refractivity contribution in [3.05, 3.63) is 36.4 Å². The van der Waals surface area contributed by atoms with Crippen LogP contribution in [0.1, 0.15) is 0 Å². The first-order chi connectivity index (χ1) is 12.6. The molecule has 7 nitrogen and oxygen atoms in total. The van der Waals surface area contributed by atoms with Gasteiger partial charge in [-0.2, -0.15) is 0 Å². The van der Waals surface area contributed by atoms with Crippen LogP contribution in [0.5, 0.6) is 23.0 Å². The van der Waals surface area contributed by atoms with Gasteiger partial charge in [0.1, 0.15) is 11.4 Å². The van der Waals surface area contributed by atoms with Crippen LogP contribution >= 0.6 is 0 Å². The third kappa shape index (κ3) is 2.99. The Bertz CT molecular complexity index is 878. The summed E-state index contributed by atoms with van der Waals surface area (Å²) in [5.41, 5.74) is 8.89. The van der Waals surface area contributed by atoms with E-state index in [1.54, 1.807) is 40.6 Å². The van der Waals surface area contributed by atoms with E-state index in [-0.39, 0.29) is 5.88 Å². The van der Waals surface area contributed by atoms with Gasteiger partial charge in [-0.25, -0.2) is 0 Å². The first-order valence-corrected chi connectivity index (χ1v) is 7.82. The molecule has 0 spiro atoms. The van der Waals surface area contributed by atoms with Crippen LogP contribution < -0.4 is 24.7 Å². The molecule has 1 heterocycles. The molecule has 0 radical (unpaired) electrons. The molecule has 2 aromatic carbocycles. The van der Waals surface area contributed by atoms with E-state index in [1.807, 2.05) is 24.3 Å². The lowest BCUT2D eigenvalue weighted by Gasteiger charge is -2.14. The van der Waals surface area contributed by atoms with Gasteiger partial charge in [0.05, 0.1) is 34.0 Å². The van der Waals surface area contributed by atoms with Gasteiger partial charge in [-0.1, -0.05) is 5.16 Å². The molecule has 26 heavy (non-hydrogen) atoms. The van der Waals surface area contributed by atoms with E-state index in [9.17, 15) is 0 Å². The van der Waals surface area contributed by atoms with Crippen LogP contribution in [0.2, 0.25) is 0 Å². The molecular formula is C19H20N2O5. The minimum atomic E-state index is 0.199. The maximum Gasteiger partial charge on any atom is 0.230 e. The van der Waals surface area contributed by atoms with Crippen molar-refractivity contribution in [1.29, 1.82) is 0 Å². The van der Waals surface area contributed by atoms with Gasteiger partial charge in [-0.3, -0.25) is 0 Å². The van der Waals surface area contributed by atoms with Crippen LogP contribution in [0, 0.1) is 0 Å². The van der Waals surface area contributed by atoms with Crippen LogP contribution in [0.25, 0.3) is 22.4 Å². The van der Waals surface area contributed by atoms with E-state index in [2.05, 4.69) is 5.16 Å². The number of nitrogens with zero attached hydrogens (tertiary/aromatic N) is 1. The maximum atomic E-state index is 6.05. The summed E-state index contributed by atoms with van der Waals surface area (Å²) < 4.78 is 26.7. The number of benzene rings is 2. The zero-order chi connectivity index (χ0) is 18.7. The molecule has 0 aliphatic carbocycles. The van der Waals surface area contributed by atoms with Crippen LogP contribution in [0.4, 0.5) is 5.88 Å². The molecule has 3 rings (SSSR count). The third-order valence-electron chi connectivity index (χ3n) is 4.04. The molecule has 7 heteroatoms. The fourth-order valence-electron chi connectivity index (χ4n) is 2.75. The lowest BCUT2D eigenvalue weighted by atomic mass is 10.00. The number of anilines is 1. The number of ether oxygens (including phenoxy) is 4. The normalized spacial score (nSPS) is 10.5. The Kier molecular flexibility index (Phi) is 4.88. The molecule has 0 bridgehead atoms. The van der Waals surface area contributed by atoms with Crippen LogP contribution in [-0.4, -0.2) is 33.6 Å². The molecule has 0 aliphatic heterocycles. The lowest BCUT2D eigenvalue weighted by molar-refractivity contribution is 0.324. The maximum absolute atomic E-state index is 6.05. The van der Waals surface area contributed by atoms with E-state index >= 15 is 0 Å². The SMILES string of the molecule is COc1ccc(-c2noc(N)c2-c2cc(OC)c(OC)c(OC)c2)cc1. The molecule has 0 unspecified atom stereocenters. The highest BCUT2D eigenvalue weighted by atomic mass is 16.5. The fourth-order valence-corrected chi connectivity index (χ4v) is 2.75. The smallest absolute Gasteiger partial charge is 0.230 e. The number of nitrogen functional groups attached to an aromatic ring is 1. The van der Waals surface area contributed by atoms with Gasteiger partial charge in [-0.15, -0.1) is 0 Å². The van der Waals surface area contributed by atoms with Crippen LogP contribution in [0.15, 0.2) is 40.9 Å². The van der Waals surface area contributed by atoms with Gasteiger partial charge in [-0.05, 0) is 42.0 Å². The standard InChI is InChI=1S/C19H20N2O5/c1-22-13-7-5-11(6-8-13)17-16(19(20)26-21-17)12-9-14(23-2)18(25-4)15(10-12)24-3/h5-10H,20H2,1-4H3. The van der Waals surface area contributed by atoms with E-state index < -0.39 is 0 Å². The van der Waals surface area contributed by atoms with E-state index in [0.717, 1.165) is 16.9 Å². The van der Waals surface area contributed by atoms with Crippen molar-refractivity contribution in [2.24, 2.45) is 0 Å². The Morgan fingerprint density at radius 1 is 0.808 bits per heavy atom. The second kappa shape index (κ2) is 7.26. The minimum absolute atomic E-state index is 0.199. The Balaban J connectivity index is 2.17. The molecule has 136 valence electrons. The van der Waals surface area contributed by atoms with Gasteiger partial charge in [0.15, 0.2) is 11.5 Å². The monoisotopic (exact) mass is 356 g/mol. The van der Waals surface area contributed by atoms with E-state index in [0.29, 0.717) is 28.5 Å². The predicted octanol–water partition coefficient (Wildman–Crippen LogP) is 3.63. The summed E-state index contributed by atoms with van der Waals surface area (Å²) in [5.74, 6) is 2.48. The minimum Gasteiger partial charge on any atom is -0.497 e. The second-order valence-corrected chi connectivity index (χ2v) is 5.41. The molecule has 0 aliphatic rings. The van der Waals surface area contributed by atoms with Gasteiger partial charge in [0.2, 0.25) is 11.6 Å². The highest BCUT2D eigenvalue weighted by Crippen LogP contribution is 2.45. The van der Waals surface area contributed by atoms with Gasteiger partial charge < -0.3 is 29.2 Å². The molecular weight excluding hydrogens is 336 g/mol. The van der Waals surface area contributed by atoms with Gasteiger partial charge >= 0.3 is 0 Å². The van der Waals surface area contributed by atoms with Crippen molar-refractivity contribution in [2.45, 2.75) is 0 Å². The number of nitrogens with two attached hydrogens (primary N) is 1. The quantitative estimate of drug-likeness (QED) is 0.721. The molecule has 1 aromatic heterocycles. The summed E-state index contributed by atoms with van der Waals surface area (Å²) >= 11 is 0. The fraction of sp³-hybridized carbons (Fsp3) is 0.211. The third-order valence-corrected chi connectivity index (χ3v) is 4.04. The number of hydrogen-bond acceptors (Lipinski definition) is 7. The Hall–Kier alpha value is -3.35. The highest BCUT2D eigenvalue weighted by molar-refractivity contribution is 5.88. The summed E-state index contributed by atoms with van der Waals surface area (Å²) in [4.78, 5) is 0. The first-order valence-electron chi connectivity index (χ1n) is 7.82. The zero-order valence-corrected chi connectivity index (χ0v) is 15.0. The van der Waals surface area contributed by atoms with Crippen molar-refractivity contribution >= 4 is 5.88 Å². The molecule has 3 aromatic rings. The number of aromatic nitrogens is 1. The number of hydrogen-bond donors (Lipinski definition) is 1. The first kappa shape index (κ1) is 17.5. The van der Waals surface area contributed by atoms with Crippen molar-refractivity contribution in [3.63, 3.8) is 0 Å². The van der Waals surface area contributed by atoms with Crippen LogP contribution in [-0.2, 0) is 0 Å². The summed E-state index contributed by atoms with van der Waals surface area (Å²) in [5, 5.41) is 4.12. The van der Waals surface area contributed by atoms with Crippen molar-refractivity contribution in [2.75, 3.05) is 34.2 Å². The Morgan fingerprint density at radius 2 is 1.42 bits per heavy atom. The zero-order valence-electron chi connectivity index (χ0n) is 15.0. The summed E-state index contributed by atoms with van der Waals surface area (Å²) in [6.07, 6.45) is 0. The Morgan fingerprint density at radius 3 is 1.92 bits per heavy atom.